The van der Waals surface area contributed by atoms with E-state index >= 15 is 0 Å². The van der Waals surface area contributed by atoms with Gasteiger partial charge in [-0.25, -0.2) is 4.99 Å². The maximum Gasteiger partial charge on any atom is 0.242 e. The molecule has 7 heteroatoms. The number of aryl methyl sites for hydroxylation is 1. The maximum atomic E-state index is 12.6. The SMILES string of the molecule is COc1ccccc1N=C1S[C@@H](CC(=O)Nc2cccc(C)c2C)C(=O)N1C. The molecule has 0 saturated carbocycles. The van der Waals surface area contributed by atoms with E-state index in [0.29, 0.717) is 16.6 Å². The molecule has 3 rings (SSSR count). The molecule has 1 N–H and O–H groups in total. The standard InChI is InChI=1S/C21H23N3O3S/c1-13-8-7-10-15(14(13)2)22-19(25)12-18-20(26)24(3)21(28-18)23-16-9-5-6-11-17(16)27-4/h5-11,18H,12H2,1-4H3,(H,22,25)/t18-/m0/s1. The molecule has 146 valence electrons. The lowest BCUT2D eigenvalue weighted by Gasteiger charge is -2.12. The average Bonchev–Trinajstić information content (AvgIpc) is 2.93. The summed E-state index contributed by atoms with van der Waals surface area (Å²) in [5.74, 6) is 0.314. The van der Waals surface area contributed by atoms with Gasteiger partial charge in [0.2, 0.25) is 11.8 Å². The first kappa shape index (κ1) is 19.9. The summed E-state index contributed by atoms with van der Waals surface area (Å²) < 4.78 is 5.31. The lowest BCUT2D eigenvalue weighted by Crippen LogP contribution is -2.30. The quantitative estimate of drug-likeness (QED) is 0.831. The molecule has 1 aliphatic rings. The van der Waals surface area contributed by atoms with Crippen LogP contribution < -0.4 is 10.1 Å². The third-order valence-electron chi connectivity index (χ3n) is 4.69. The Hall–Kier alpha value is -2.80. The number of nitrogens with zero attached hydrogens (tertiary/aromatic N) is 2. The van der Waals surface area contributed by atoms with Gasteiger partial charge in [-0.1, -0.05) is 36.0 Å². The van der Waals surface area contributed by atoms with Crippen molar-refractivity contribution in [2.24, 2.45) is 4.99 Å². The Kier molecular flexibility index (Phi) is 6.04. The Bertz CT molecular complexity index is 942. The Morgan fingerprint density at radius 3 is 2.71 bits per heavy atom. The highest BCUT2D eigenvalue weighted by molar-refractivity contribution is 8.15. The van der Waals surface area contributed by atoms with E-state index in [1.54, 1.807) is 14.2 Å². The minimum Gasteiger partial charge on any atom is -0.494 e. The van der Waals surface area contributed by atoms with Gasteiger partial charge < -0.3 is 10.1 Å². The van der Waals surface area contributed by atoms with Crippen molar-refractivity contribution in [3.8, 4) is 5.75 Å². The molecule has 1 saturated heterocycles. The molecule has 1 atom stereocenters. The number of thioether (sulfide) groups is 1. The summed E-state index contributed by atoms with van der Waals surface area (Å²) in [6.07, 6.45) is 0.0895. The Morgan fingerprint density at radius 2 is 1.96 bits per heavy atom. The van der Waals surface area contributed by atoms with Crippen LogP contribution in [0.1, 0.15) is 17.5 Å². The van der Waals surface area contributed by atoms with Gasteiger partial charge in [0, 0.05) is 19.2 Å². The van der Waals surface area contributed by atoms with Crippen molar-refractivity contribution < 1.29 is 14.3 Å². The van der Waals surface area contributed by atoms with Crippen LogP contribution in [0, 0.1) is 13.8 Å². The van der Waals surface area contributed by atoms with Gasteiger partial charge in [0.25, 0.3) is 0 Å². The number of aliphatic imine (C=N–C) groups is 1. The minimum absolute atomic E-state index is 0.0895. The number of ether oxygens (including phenoxy) is 1. The lowest BCUT2D eigenvalue weighted by atomic mass is 10.1. The second-order valence-corrected chi connectivity index (χ2v) is 7.74. The molecule has 0 radical (unpaired) electrons. The van der Waals surface area contributed by atoms with Crippen molar-refractivity contribution in [3.63, 3.8) is 0 Å². The van der Waals surface area contributed by atoms with E-state index < -0.39 is 5.25 Å². The highest BCUT2D eigenvalue weighted by Gasteiger charge is 2.37. The van der Waals surface area contributed by atoms with Crippen LogP contribution in [0.3, 0.4) is 0 Å². The monoisotopic (exact) mass is 397 g/mol. The van der Waals surface area contributed by atoms with Crippen LogP contribution in [0.4, 0.5) is 11.4 Å². The number of methoxy groups -OCH3 is 1. The van der Waals surface area contributed by atoms with Crippen molar-refractivity contribution in [3.05, 3.63) is 53.6 Å². The van der Waals surface area contributed by atoms with Crippen molar-refractivity contribution in [2.75, 3.05) is 19.5 Å². The van der Waals surface area contributed by atoms with Crippen molar-refractivity contribution in [1.29, 1.82) is 0 Å². The largest absolute Gasteiger partial charge is 0.494 e. The molecule has 0 spiro atoms. The minimum atomic E-state index is -0.497. The molecule has 1 fully saturated rings. The molecule has 6 nitrogen and oxygen atoms in total. The van der Waals surface area contributed by atoms with Crippen molar-refractivity contribution >= 4 is 40.1 Å². The number of amidine groups is 1. The van der Waals surface area contributed by atoms with E-state index in [4.69, 9.17) is 4.74 Å². The zero-order chi connectivity index (χ0) is 20.3. The number of hydrogen-bond acceptors (Lipinski definition) is 5. The molecule has 0 aliphatic carbocycles. The van der Waals surface area contributed by atoms with Crippen molar-refractivity contribution in [1.82, 2.24) is 4.90 Å². The second-order valence-electron chi connectivity index (χ2n) is 6.57. The summed E-state index contributed by atoms with van der Waals surface area (Å²) in [5.41, 5.74) is 3.55. The first-order valence-electron chi connectivity index (χ1n) is 8.92. The number of amides is 2. The van der Waals surface area contributed by atoms with Gasteiger partial charge in [0.15, 0.2) is 5.17 Å². The Labute approximate surface area is 169 Å². The molecule has 28 heavy (non-hydrogen) atoms. The molecule has 2 aromatic rings. The van der Waals surface area contributed by atoms with E-state index in [1.807, 2.05) is 56.3 Å². The summed E-state index contributed by atoms with van der Waals surface area (Å²) in [6, 6.07) is 13.1. The number of anilines is 1. The van der Waals surface area contributed by atoms with Crippen LogP contribution in [-0.4, -0.2) is 41.3 Å². The van der Waals surface area contributed by atoms with E-state index in [0.717, 1.165) is 16.8 Å². The smallest absolute Gasteiger partial charge is 0.242 e. The summed E-state index contributed by atoms with van der Waals surface area (Å²) in [5, 5.41) is 2.97. The molecule has 1 aliphatic heterocycles. The van der Waals surface area contributed by atoms with E-state index in [9.17, 15) is 9.59 Å². The number of para-hydroxylation sites is 2. The molecule has 1 heterocycles. The van der Waals surface area contributed by atoms with Gasteiger partial charge in [0.05, 0.1) is 7.11 Å². The first-order chi connectivity index (χ1) is 13.4. The number of benzene rings is 2. The zero-order valence-electron chi connectivity index (χ0n) is 16.4. The maximum absolute atomic E-state index is 12.6. The molecule has 0 bridgehead atoms. The van der Waals surface area contributed by atoms with E-state index in [-0.39, 0.29) is 18.2 Å². The number of carbonyl (C=O) groups excluding carboxylic acids is 2. The number of rotatable bonds is 5. The summed E-state index contributed by atoms with van der Waals surface area (Å²) in [6.45, 7) is 3.96. The van der Waals surface area contributed by atoms with Crippen LogP contribution in [0.25, 0.3) is 0 Å². The van der Waals surface area contributed by atoms with Crippen molar-refractivity contribution in [2.45, 2.75) is 25.5 Å². The Balaban J connectivity index is 1.72. The van der Waals surface area contributed by atoms with Gasteiger partial charge in [-0.2, -0.15) is 0 Å². The molecule has 2 amide bonds. The molecular formula is C21H23N3O3S. The number of nitrogens with one attached hydrogen (secondary N) is 1. The summed E-state index contributed by atoms with van der Waals surface area (Å²) in [4.78, 5) is 31.1. The Morgan fingerprint density at radius 1 is 1.21 bits per heavy atom. The van der Waals surface area contributed by atoms with Crippen LogP contribution in [0.15, 0.2) is 47.5 Å². The van der Waals surface area contributed by atoms with Gasteiger partial charge in [-0.05, 0) is 43.2 Å². The second kappa shape index (κ2) is 8.48. The summed E-state index contributed by atoms with van der Waals surface area (Å²) in [7, 11) is 3.25. The predicted molar refractivity (Wildman–Crippen MR) is 113 cm³/mol. The van der Waals surface area contributed by atoms with Gasteiger partial charge >= 0.3 is 0 Å². The topological polar surface area (TPSA) is 71.0 Å². The normalized spacial score (nSPS) is 17.9. The highest BCUT2D eigenvalue weighted by Crippen LogP contribution is 2.34. The predicted octanol–water partition coefficient (Wildman–Crippen LogP) is 3.90. The summed E-state index contributed by atoms with van der Waals surface area (Å²) >= 11 is 1.30. The molecule has 0 aromatic heterocycles. The number of carbonyl (C=O) groups is 2. The zero-order valence-corrected chi connectivity index (χ0v) is 17.2. The fourth-order valence-corrected chi connectivity index (χ4v) is 4.03. The first-order valence-corrected chi connectivity index (χ1v) is 9.80. The third-order valence-corrected chi connectivity index (χ3v) is 5.92. The van der Waals surface area contributed by atoms with Crippen LogP contribution in [-0.2, 0) is 9.59 Å². The van der Waals surface area contributed by atoms with Gasteiger partial charge in [0.1, 0.15) is 16.7 Å². The average molecular weight is 398 g/mol. The van der Waals surface area contributed by atoms with Gasteiger partial charge in [-0.15, -0.1) is 0 Å². The molecular weight excluding hydrogens is 374 g/mol. The molecule has 2 aromatic carbocycles. The third kappa shape index (κ3) is 4.20. The van der Waals surface area contributed by atoms with E-state index in [1.165, 1.54) is 16.7 Å². The number of hydrogen-bond donors (Lipinski definition) is 1. The van der Waals surface area contributed by atoms with Crippen LogP contribution >= 0.6 is 11.8 Å². The van der Waals surface area contributed by atoms with Gasteiger partial charge in [-0.3, -0.25) is 14.5 Å². The fraction of sp³-hybridized carbons (Fsp3) is 0.286. The lowest BCUT2D eigenvalue weighted by molar-refractivity contribution is -0.127. The van der Waals surface area contributed by atoms with Crippen LogP contribution in [0.5, 0.6) is 5.75 Å². The highest BCUT2D eigenvalue weighted by atomic mass is 32.2. The van der Waals surface area contributed by atoms with Crippen LogP contribution in [0.2, 0.25) is 0 Å². The van der Waals surface area contributed by atoms with E-state index in [2.05, 4.69) is 10.3 Å². The molecule has 0 unspecified atom stereocenters. The fourth-order valence-electron chi connectivity index (χ4n) is 2.88.